The molecule has 0 bridgehead atoms. The number of hydrogen-bond acceptors (Lipinski definition) is 3. The van der Waals surface area contributed by atoms with Crippen LogP contribution in [-0.2, 0) is 23.2 Å². The summed E-state index contributed by atoms with van der Waals surface area (Å²) >= 11 is 6.16. The molecular formula is C22H25ClFN3O2. The van der Waals surface area contributed by atoms with Gasteiger partial charge in [0.25, 0.3) is 0 Å². The van der Waals surface area contributed by atoms with Gasteiger partial charge in [0, 0.05) is 36.1 Å². The van der Waals surface area contributed by atoms with Crippen LogP contribution in [0, 0.1) is 5.82 Å². The molecule has 0 saturated heterocycles. The maximum Gasteiger partial charge on any atom is 0.191 e. The average Bonchev–Trinajstić information content (AvgIpc) is 3.51. The number of nitrogens with one attached hydrogen (secondary N) is 2. The van der Waals surface area contributed by atoms with Crippen molar-refractivity contribution in [1.82, 2.24) is 10.6 Å². The van der Waals surface area contributed by atoms with Crippen molar-refractivity contribution in [2.24, 2.45) is 4.99 Å². The molecule has 154 valence electrons. The van der Waals surface area contributed by atoms with E-state index >= 15 is 0 Å². The second kappa shape index (κ2) is 8.59. The molecule has 0 atom stereocenters. The number of halogens is 2. The summed E-state index contributed by atoms with van der Waals surface area (Å²) in [5, 5.41) is 7.50. The van der Waals surface area contributed by atoms with E-state index in [1.165, 1.54) is 17.7 Å². The quantitative estimate of drug-likeness (QED) is 0.554. The Balaban J connectivity index is 1.32. The zero-order chi connectivity index (χ0) is 20.3. The van der Waals surface area contributed by atoms with E-state index in [2.05, 4.69) is 21.7 Å². The fraction of sp³-hybridized carbons (Fsp3) is 0.409. The second-order valence-electron chi connectivity index (χ2n) is 7.56. The summed E-state index contributed by atoms with van der Waals surface area (Å²) in [6.45, 7) is 1.99. The Morgan fingerprint density at radius 3 is 2.86 bits per heavy atom. The fourth-order valence-corrected chi connectivity index (χ4v) is 3.96. The van der Waals surface area contributed by atoms with Crippen LogP contribution in [0.3, 0.4) is 0 Å². The molecule has 2 N–H and O–H groups in total. The number of benzene rings is 2. The van der Waals surface area contributed by atoms with Gasteiger partial charge in [-0.15, -0.1) is 0 Å². The molecule has 7 heteroatoms. The molecule has 4 rings (SSSR count). The van der Waals surface area contributed by atoms with Crippen LogP contribution in [0.15, 0.2) is 41.4 Å². The first-order valence-corrected chi connectivity index (χ1v) is 10.2. The molecule has 0 aromatic heterocycles. The van der Waals surface area contributed by atoms with Crippen LogP contribution in [0.1, 0.15) is 29.5 Å². The monoisotopic (exact) mass is 417 g/mol. The predicted octanol–water partition coefficient (Wildman–Crippen LogP) is 3.78. The van der Waals surface area contributed by atoms with E-state index < -0.39 is 0 Å². The second-order valence-corrected chi connectivity index (χ2v) is 7.99. The van der Waals surface area contributed by atoms with Crippen molar-refractivity contribution in [2.45, 2.75) is 31.3 Å². The lowest BCUT2D eigenvalue weighted by Gasteiger charge is -2.22. The summed E-state index contributed by atoms with van der Waals surface area (Å²) in [5.41, 5.74) is 2.98. The van der Waals surface area contributed by atoms with Gasteiger partial charge < -0.3 is 20.1 Å². The smallest absolute Gasteiger partial charge is 0.191 e. The Bertz CT molecular complexity index is 915. The third-order valence-corrected chi connectivity index (χ3v) is 5.78. The van der Waals surface area contributed by atoms with E-state index in [1.54, 1.807) is 7.05 Å². The lowest BCUT2D eigenvalue weighted by atomic mass is 9.96. The van der Waals surface area contributed by atoms with Gasteiger partial charge in [0.15, 0.2) is 12.8 Å². The molecule has 1 fully saturated rings. The van der Waals surface area contributed by atoms with Gasteiger partial charge in [-0.2, -0.15) is 0 Å². The van der Waals surface area contributed by atoms with Gasteiger partial charge in [-0.1, -0.05) is 23.7 Å². The summed E-state index contributed by atoms with van der Waals surface area (Å²) in [7, 11) is 1.75. The normalized spacial score (nSPS) is 17.3. The molecule has 0 amide bonds. The first-order chi connectivity index (χ1) is 14.1. The minimum atomic E-state index is -0.271. The van der Waals surface area contributed by atoms with Crippen LogP contribution >= 0.6 is 11.6 Å². The van der Waals surface area contributed by atoms with Crippen molar-refractivity contribution < 1.29 is 13.9 Å². The van der Waals surface area contributed by atoms with Crippen molar-refractivity contribution in [3.63, 3.8) is 0 Å². The highest BCUT2D eigenvalue weighted by molar-refractivity contribution is 6.30. The van der Waals surface area contributed by atoms with Crippen LogP contribution in [0.4, 0.5) is 4.39 Å². The lowest BCUT2D eigenvalue weighted by Crippen LogP contribution is -2.42. The number of nitrogens with zero attached hydrogens (tertiary/aromatic N) is 1. The molecule has 5 nitrogen and oxygen atoms in total. The summed E-state index contributed by atoms with van der Waals surface area (Å²) in [5.74, 6) is 1.20. The van der Waals surface area contributed by atoms with Crippen molar-refractivity contribution in [1.29, 1.82) is 0 Å². The van der Waals surface area contributed by atoms with Gasteiger partial charge in [-0.3, -0.25) is 4.99 Å². The molecule has 2 aromatic carbocycles. The predicted molar refractivity (Wildman–Crippen MR) is 112 cm³/mol. The van der Waals surface area contributed by atoms with Crippen molar-refractivity contribution in [3.05, 3.63) is 63.9 Å². The standard InChI is InChI=1S/C22H25ClFN3O2/c1-25-21(27-13-22(6-7-22)17-3-2-4-18(23)11-17)26-8-5-15-9-19(24)10-16-12-28-14-29-20(15)16/h2-4,9-11H,5-8,12-14H2,1H3,(H2,25,26,27). The third-order valence-electron chi connectivity index (χ3n) is 5.55. The molecular weight excluding hydrogens is 393 g/mol. The molecule has 1 saturated carbocycles. The Hall–Kier alpha value is -2.31. The van der Waals surface area contributed by atoms with Gasteiger partial charge >= 0.3 is 0 Å². The molecule has 2 aromatic rings. The van der Waals surface area contributed by atoms with Crippen molar-refractivity contribution >= 4 is 17.6 Å². The number of guanidine groups is 1. The van der Waals surface area contributed by atoms with Crippen molar-refractivity contribution in [3.8, 4) is 5.75 Å². The molecule has 1 aliphatic heterocycles. The van der Waals surface area contributed by atoms with E-state index in [0.717, 1.165) is 47.2 Å². The first kappa shape index (κ1) is 20.0. The molecule has 1 aliphatic carbocycles. The summed E-state index contributed by atoms with van der Waals surface area (Å²) in [6.07, 6.45) is 2.89. The molecule has 0 unspecified atom stereocenters. The van der Waals surface area contributed by atoms with Crippen molar-refractivity contribution in [2.75, 3.05) is 26.9 Å². The van der Waals surface area contributed by atoms with E-state index in [-0.39, 0.29) is 18.0 Å². The summed E-state index contributed by atoms with van der Waals surface area (Å²) in [6, 6.07) is 11.1. The van der Waals surface area contributed by atoms with E-state index in [4.69, 9.17) is 21.1 Å². The van der Waals surface area contributed by atoms with Crippen LogP contribution in [0.2, 0.25) is 5.02 Å². The fourth-order valence-electron chi connectivity index (χ4n) is 3.77. The molecule has 29 heavy (non-hydrogen) atoms. The van der Waals surface area contributed by atoms with Crippen LogP contribution < -0.4 is 15.4 Å². The summed E-state index contributed by atoms with van der Waals surface area (Å²) < 4.78 is 24.7. The molecule has 1 heterocycles. The topological polar surface area (TPSA) is 54.9 Å². The van der Waals surface area contributed by atoms with E-state index in [0.29, 0.717) is 19.6 Å². The number of fused-ring (bicyclic) bond motifs is 1. The maximum atomic E-state index is 13.9. The van der Waals surface area contributed by atoms with E-state index in [1.807, 2.05) is 18.2 Å². The van der Waals surface area contributed by atoms with Gasteiger partial charge in [0.05, 0.1) is 6.61 Å². The number of rotatable bonds is 6. The van der Waals surface area contributed by atoms with Crippen LogP contribution in [-0.4, -0.2) is 32.9 Å². The Kier molecular flexibility index (Phi) is 5.92. The minimum Gasteiger partial charge on any atom is -0.467 e. The number of hydrogen-bond donors (Lipinski definition) is 2. The largest absolute Gasteiger partial charge is 0.467 e. The highest BCUT2D eigenvalue weighted by atomic mass is 35.5. The Morgan fingerprint density at radius 2 is 2.10 bits per heavy atom. The van der Waals surface area contributed by atoms with Gasteiger partial charge in [0.1, 0.15) is 11.6 Å². The first-order valence-electron chi connectivity index (χ1n) is 9.82. The zero-order valence-corrected chi connectivity index (χ0v) is 17.2. The highest BCUT2D eigenvalue weighted by Gasteiger charge is 2.44. The lowest BCUT2D eigenvalue weighted by molar-refractivity contribution is -0.0172. The molecule has 2 aliphatic rings. The molecule has 0 spiro atoms. The zero-order valence-electron chi connectivity index (χ0n) is 16.4. The summed E-state index contributed by atoms with van der Waals surface area (Å²) in [4.78, 5) is 4.31. The number of ether oxygens (including phenoxy) is 2. The van der Waals surface area contributed by atoms with Gasteiger partial charge in [-0.25, -0.2) is 4.39 Å². The maximum absolute atomic E-state index is 13.9. The van der Waals surface area contributed by atoms with Gasteiger partial charge in [-0.05, 0) is 54.7 Å². The highest BCUT2D eigenvalue weighted by Crippen LogP contribution is 2.48. The average molecular weight is 418 g/mol. The number of aliphatic imine (C=N–C) groups is 1. The Morgan fingerprint density at radius 1 is 1.24 bits per heavy atom. The minimum absolute atomic E-state index is 0.123. The van der Waals surface area contributed by atoms with Gasteiger partial charge in [0.2, 0.25) is 0 Å². The van der Waals surface area contributed by atoms with Crippen LogP contribution in [0.25, 0.3) is 0 Å². The molecule has 0 radical (unpaired) electrons. The third kappa shape index (κ3) is 4.65. The Labute approximate surface area is 175 Å². The van der Waals surface area contributed by atoms with Crippen LogP contribution in [0.5, 0.6) is 5.75 Å². The SMILES string of the molecule is CN=C(NCCc1cc(F)cc2c1OCOC2)NCC1(c2cccc(Cl)c2)CC1. The van der Waals surface area contributed by atoms with E-state index in [9.17, 15) is 4.39 Å².